The summed E-state index contributed by atoms with van der Waals surface area (Å²) in [6.45, 7) is 1.12. The van der Waals surface area contributed by atoms with Crippen molar-refractivity contribution in [3.63, 3.8) is 0 Å². The number of hydrogen-bond acceptors (Lipinski definition) is 4. The van der Waals surface area contributed by atoms with Gasteiger partial charge in [0.1, 0.15) is 18.4 Å². The zero-order chi connectivity index (χ0) is 19.2. The van der Waals surface area contributed by atoms with Gasteiger partial charge < -0.3 is 10.1 Å². The van der Waals surface area contributed by atoms with E-state index < -0.39 is 0 Å². The Bertz CT molecular complexity index is 1060. The molecule has 0 saturated heterocycles. The molecule has 6 nitrogen and oxygen atoms in total. The second kappa shape index (κ2) is 8.35. The number of hydrogen-bond donors (Lipinski definition) is 1. The van der Waals surface area contributed by atoms with E-state index in [-0.39, 0.29) is 12.5 Å². The number of benzene rings is 3. The Kier molecular flexibility index (Phi) is 5.29. The first-order valence-corrected chi connectivity index (χ1v) is 9.05. The molecule has 0 aliphatic carbocycles. The van der Waals surface area contributed by atoms with Gasteiger partial charge in [-0.05, 0) is 34.0 Å². The molecule has 0 aliphatic heterocycles. The Morgan fingerprint density at radius 3 is 2.54 bits per heavy atom. The van der Waals surface area contributed by atoms with Crippen molar-refractivity contribution in [2.45, 2.75) is 13.1 Å². The van der Waals surface area contributed by atoms with Crippen molar-refractivity contribution < 1.29 is 9.53 Å². The van der Waals surface area contributed by atoms with Crippen LogP contribution in [0.15, 0.2) is 79.4 Å². The molecule has 1 amide bonds. The second-order valence-corrected chi connectivity index (χ2v) is 6.48. The summed E-state index contributed by atoms with van der Waals surface area (Å²) >= 11 is 0. The van der Waals surface area contributed by atoms with Gasteiger partial charge in [0.05, 0.1) is 6.54 Å². The summed E-state index contributed by atoms with van der Waals surface area (Å²) in [5, 5.41) is 9.20. The summed E-state index contributed by atoms with van der Waals surface area (Å²) in [5.41, 5.74) is 2.15. The molecule has 28 heavy (non-hydrogen) atoms. The lowest BCUT2D eigenvalue weighted by molar-refractivity contribution is -0.123. The number of rotatable bonds is 7. The highest BCUT2D eigenvalue weighted by Gasteiger charge is 2.04. The zero-order valence-corrected chi connectivity index (χ0v) is 15.3. The first-order valence-electron chi connectivity index (χ1n) is 9.05. The molecule has 0 spiro atoms. The molecule has 0 aliphatic rings. The van der Waals surface area contributed by atoms with Crippen molar-refractivity contribution in [2.24, 2.45) is 0 Å². The highest BCUT2D eigenvalue weighted by Crippen LogP contribution is 2.20. The molecule has 4 rings (SSSR count). The van der Waals surface area contributed by atoms with Crippen molar-refractivity contribution in [1.29, 1.82) is 0 Å². The third-order valence-corrected chi connectivity index (χ3v) is 4.41. The molecular weight excluding hydrogens is 352 g/mol. The zero-order valence-electron chi connectivity index (χ0n) is 15.3. The van der Waals surface area contributed by atoms with Crippen LogP contribution in [0.4, 0.5) is 0 Å². The molecule has 1 N–H and O–H groups in total. The summed E-state index contributed by atoms with van der Waals surface area (Å²) < 4.78 is 7.38. The highest BCUT2D eigenvalue weighted by molar-refractivity contribution is 5.84. The number of fused-ring (bicyclic) bond motifs is 1. The van der Waals surface area contributed by atoms with Crippen LogP contribution in [0.1, 0.15) is 11.1 Å². The van der Waals surface area contributed by atoms with E-state index in [1.807, 2.05) is 66.7 Å². The lowest BCUT2D eigenvalue weighted by Crippen LogP contribution is -2.28. The first-order chi connectivity index (χ1) is 13.8. The molecule has 0 fully saturated rings. The third-order valence-electron chi connectivity index (χ3n) is 4.41. The second-order valence-electron chi connectivity index (χ2n) is 6.48. The van der Waals surface area contributed by atoms with Crippen LogP contribution in [0.2, 0.25) is 0 Å². The number of carbonyl (C=O) groups excluding carboxylic acids is 1. The molecule has 3 aromatic carbocycles. The fourth-order valence-electron chi connectivity index (χ4n) is 2.92. The number of amides is 1. The maximum absolute atomic E-state index is 12.1. The molecule has 0 atom stereocenters. The molecular formula is C22H20N4O2. The minimum Gasteiger partial charge on any atom is -0.484 e. The minimum absolute atomic E-state index is 0.0112. The van der Waals surface area contributed by atoms with Crippen LogP contribution in [-0.4, -0.2) is 27.3 Å². The number of ether oxygens (including phenoxy) is 1. The van der Waals surface area contributed by atoms with Crippen LogP contribution < -0.4 is 10.1 Å². The van der Waals surface area contributed by atoms with Crippen molar-refractivity contribution in [3.05, 3.63) is 90.5 Å². The minimum atomic E-state index is -0.153. The summed E-state index contributed by atoms with van der Waals surface area (Å²) in [4.78, 5) is 16.0. The summed E-state index contributed by atoms with van der Waals surface area (Å²) in [7, 11) is 0. The monoisotopic (exact) mass is 372 g/mol. The molecule has 0 unspecified atom stereocenters. The van der Waals surface area contributed by atoms with Crippen LogP contribution in [0, 0.1) is 0 Å². The first kappa shape index (κ1) is 17.7. The molecule has 0 radical (unpaired) electrons. The van der Waals surface area contributed by atoms with Gasteiger partial charge in [-0.1, -0.05) is 54.6 Å². The maximum Gasteiger partial charge on any atom is 0.258 e. The standard InChI is InChI=1S/C22H20N4O2/c27-22(14-28-21-10-9-19-3-1-2-4-20(19)11-21)24-12-17-5-7-18(8-6-17)13-26-16-23-15-25-26/h1-11,15-16H,12-14H2,(H,24,27). The quantitative estimate of drug-likeness (QED) is 0.541. The van der Waals surface area contributed by atoms with Gasteiger partial charge in [0, 0.05) is 6.54 Å². The molecule has 0 bridgehead atoms. The molecule has 140 valence electrons. The van der Waals surface area contributed by atoms with E-state index in [0.717, 1.165) is 21.9 Å². The largest absolute Gasteiger partial charge is 0.484 e. The highest BCUT2D eigenvalue weighted by atomic mass is 16.5. The molecule has 6 heteroatoms. The van der Waals surface area contributed by atoms with E-state index >= 15 is 0 Å². The normalized spacial score (nSPS) is 10.7. The number of nitrogens with one attached hydrogen (secondary N) is 1. The topological polar surface area (TPSA) is 69.0 Å². The average molecular weight is 372 g/mol. The average Bonchev–Trinajstić information content (AvgIpc) is 3.24. The summed E-state index contributed by atoms with van der Waals surface area (Å²) in [5.74, 6) is 0.533. The Labute approximate surface area is 162 Å². The van der Waals surface area contributed by atoms with Gasteiger partial charge in [0.15, 0.2) is 6.61 Å². The van der Waals surface area contributed by atoms with E-state index in [1.165, 1.54) is 6.33 Å². The predicted molar refractivity (Wildman–Crippen MR) is 107 cm³/mol. The van der Waals surface area contributed by atoms with E-state index in [1.54, 1.807) is 11.0 Å². The number of carbonyl (C=O) groups is 1. The van der Waals surface area contributed by atoms with Gasteiger partial charge in [0.25, 0.3) is 5.91 Å². The van der Waals surface area contributed by atoms with E-state index in [2.05, 4.69) is 15.4 Å². The fourth-order valence-corrected chi connectivity index (χ4v) is 2.92. The van der Waals surface area contributed by atoms with E-state index in [0.29, 0.717) is 18.8 Å². The van der Waals surface area contributed by atoms with Gasteiger partial charge in [-0.2, -0.15) is 5.10 Å². The van der Waals surface area contributed by atoms with E-state index in [4.69, 9.17) is 4.74 Å². The van der Waals surface area contributed by atoms with Crippen molar-refractivity contribution in [1.82, 2.24) is 20.1 Å². The van der Waals surface area contributed by atoms with Crippen LogP contribution in [0.5, 0.6) is 5.75 Å². The molecule has 1 aromatic heterocycles. The van der Waals surface area contributed by atoms with Gasteiger partial charge in [-0.25, -0.2) is 9.67 Å². The summed E-state index contributed by atoms with van der Waals surface area (Å²) in [6, 6.07) is 21.9. The number of nitrogens with zero attached hydrogens (tertiary/aromatic N) is 3. The van der Waals surface area contributed by atoms with E-state index in [9.17, 15) is 4.79 Å². The number of aromatic nitrogens is 3. The summed E-state index contributed by atoms with van der Waals surface area (Å²) in [6.07, 6.45) is 3.20. The Morgan fingerprint density at radius 2 is 1.75 bits per heavy atom. The third kappa shape index (κ3) is 4.54. The van der Waals surface area contributed by atoms with Crippen molar-refractivity contribution >= 4 is 16.7 Å². The predicted octanol–water partition coefficient (Wildman–Crippen LogP) is 3.17. The molecule has 0 saturated carbocycles. The Hall–Kier alpha value is -3.67. The van der Waals surface area contributed by atoms with Crippen LogP contribution in [-0.2, 0) is 17.9 Å². The van der Waals surface area contributed by atoms with Gasteiger partial charge in [-0.3, -0.25) is 4.79 Å². The fraction of sp³-hybridized carbons (Fsp3) is 0.136. The SMILES string of the molecule is O=C(COc1ccc2ccccc2c1)NCc1ccc(Cn2cncn2)cc1. The smallest absolute Gasteiger partial charge is 0.258 e. The molecule has 4 aromatic rings. The van der Waals surface area contributed by atoms with Crippen LogP contribution in [0.3, 0.4) is 0 Å². The van der Waals surface area contributed by atoms with Crippen molar-refractivity contribution in [3.8, 4) is 5.75 Å². The van der Waals surface area contributed by atoms with Gasteiger partial charge in [-0.15, -0.1) is 0 Å². The lowest BCUT2D eigenvalue weighted by atomic mass is 10.1. The maximum atomic E-state index is 12.1. The van der Waals surface area contributed by atoms with Crippen LogP contribution in [0.25, 0.3) is 10.8 Å². The lowest BCUT2D eigenvalue weighted by Gasteiger charge is -2.09. The Balaban J connectivity index is 1.25. The van der Waals surface area contributed by atoms with Gasteiger partial charge >= 0.3 is 0 Å². The Morgan fingerprint density at radius 1 is 0.964 bits per heavy atom. The van der Waals surface area contributed by atoms with Crippen LogP contribution >= 0.6 is 0 Å². The van der Waals surface area contributed by atoms with Gasteiger partial charge in [0.2, 0.25) is 0 Å². The molecule has 1 heterocycles. The van der Waals surface area contributed by atoms with Crippen molar-refractivity contribution in [2.75, 3.05) is 6.61 Å².